The zero-order valence-electron chi connectivity index (χ0n) is 10.8. The Morgan fingerprint density at radius 2 is 1.89 bits per heavy atom. The van der Waals surface area contributed by atoms with E-state index in [0.717, 1.165) is 30.2 Å². The molecule has 0 bridgehead atoms. The highest BCUT2D eigenvalue weighted by atomic mass is 16.4. The van der Waals surface area contributed by atoms with Gasteiger partial charge in [-0.2, -0.15) is 0 Å². The van der Waals surface area contributed by atoms with E-state index >= 15 is 0 Å². The maximum absolute atomic E-state index is 12.2. The van der Waals surface area contributed by atoms with Crippen LogP contribution in [-0.2, 0) is 4.79 Å². The Labute approximate surface area is 111 Å². The van der Waals surface area contributed by atoms with Gasteiger partial charge in [0, 0.05) is 11.6 Å². The van der Waals surface area contributed by atoms with Crippen LogP contribution in [0.3, 0.4) is 0 Å². The molecule has 1 aromatic rings. The Balaban J connectivity index is 1.73. The van der Waals surface area contributed by atoms with Gasteiger partial charge in [-0.3, -0.25) is 4.79 Å². The first-order valence-corrected chi connectivity index (χ1v) is 6.69. The number of aromatic carboxylic acids is 1. The lowest BCUT2D eigenvalue weighted by atomic mass is 10.0. The van der Waals surface area contributed by atoms with Crippen LogP contribution >= 0.6 is 0 Å². The lowest BCUT2D eigenvalue weighted by molar-refractivity contribution is -0.120. The number of carboxylic acid groups (broad SMARTS) is 1. The molecule has 4 nitrogen and oxygen atoms in total. The van der Waals surface area contributed by atoms with Gasteiger partial charge in [0.15, 0.2) is 0 Å². The molecule has 19 heavy (non-hydrogen) atoms. The standard InChI is InChI=1S/C15H17NO3/c1-8-2-3-9(15(18)19)7-13(8)16-14(17)12-5-10-4-11(10)6-12/h2-3,7,10-12H,4-6H2,1H3,(H,16,17)(H,18,19). The van der Waals surface area contributed by atoms with Crippen molar-refractivity contribution < 1.29 is 14.7 Å². The van der Waals surface area contributed by atoms with Crippen molar-refractivity contribution in [3.05, 3.63) is 29.3 Å². The summed E-state index contributed by atoms with van der Waals surface area (Å²) < 4.78 is 0. The maximum atomic E-state index is 12.2. The number of anilines is 1. The topological polar surface area (TPSA) is 66.4 Å². The van der Waals surface area contributed by atoms with Gasteiger partial charge in [-0.05, 0) is 55.7 Å². The lowest BCUT2D eigenvalue weighted by Gasteiger charge is -2.14. The molecule has 2 fully saturated rings. The molecule has 3 rings (SSSR count). The number of carboxylic acids is 1. The van der Waals surface area contributed by atoms with E-state index in [1.807, 2.05) is 6.92 Å². The zero-order valence-corrected chi connectivity index (χ0v) is 10.8. The molecule has 2 unspecified atom stereocenters. The molecule has 1 amide bonds. The van der Waals surface area contributed by atoms with Crippen LogP contribution in [0.2, 0.25) is 0 Å². The van der Waals surface area contributed by atoms with Gasteiger partial charge in [0.1, 0.15) is 0 Å². The highest BCUT2D eigenvalue weighted by Gasteiger charge is 2.47. The molecule has 0 saturated heterocycles. The highest BCUT2D eigenvalue weighted by Crippen LogP contribution is 2.54. The van der Waals surface area contributed by atoms with E-state index in [0.29, 0.717) is 5.69 Å². The fourth-order valence-electron chi connectivity index (χ4n) is 3.05. The van der Waals surface area contributed by atoms with E-state index in [-0.39, 0.29) is 17.4 Å². The van der Waals surface area contributed by atoms with Gasteiger partial charge in [-0.25, -0.2) is 4.79 Å². The van der Waals surface area contributed by atoms with Gasteiger partial charge < -0.3 is 10.4 Å². The number of hydrogen-bond donors (Lipinski definition) is 2. The Morgan fingerprint density at radius 1 is 1.21 bits per heavy atom. The van der Waals surface area contributed by atoms with Gasteiger partial charge in [-0.15, -0.1) is 0 Å². The van der Waals surface area contributed by atoms with E-state index < -0.39 is 5.97 Å². The minimum Gasteiger partial charge on any atom is -0.478 e. The molecule has 2 aliphatic rings. The number of benzene rings is 1. The van der Waals surface area contributed by atoms with Crippen molar-refractivity contribution in [2.24, 2.45) is 17.8 Å². The first-order chi connectivity index (χ1) is 9.04. The summed E-state index contributed by atoms with van der Waals surface area (Å²) in [4.78, 5) is 23.1. The number of carbonyl (C=O) groups is 2. The SMILES string of the molecule is Cc1ccc(C(=O)O)cc1NC(=O)C1CC2CC2C1. The third-order valence-electron chi connectivity index (χ3n) is 4.36. The summed E-state index contributed by atoms with van der Waals surface area (Å²) in [5.41, 5.74) is 1.71. The Bertz CT molecular complexity index is 542. The normalized spacial score (nSPS) is 27.7. The average Bonchev–Trinajstić information content (AvgIpc) is 2.98. The van der Waals surface area contributed by atoms with Crippen LogP contribution in [0.15, 0.2) is 18.2 Å². The van der Waals surface area contributed by atoms with Crippen LogP contribution in [0, 0.1) is 24.7 Å². The number of nitrogens with one attached hydrogen (secondary N) is 1. The van der Waals surface area contributed by atoms with Gasteiger partial charge >= 0.3 is 5.97 Å². The summed E-state index contributed by atoms with van der Waals surface area (Å²) in [5.74, 6) is 0.705. The minimum absolute atomic E-state index is 0.0397. The summed E-state index contributed by atoms with van der Waals surface area (Å²) in [6.45, 7) is 1.87. The average molecular weight is 259 g/mol. The fourth-order valence-corrected chi connectivity index (χ4v) is 3.05. The Kier molecular flexibility index (Phi) is 2.81. The largest absolute Gasteiger partial charge is 0.478 e. The first-order valence-electron chi connectivity index (χ1n) is 6.69. The van der Waals surface area contributed by atoms with Crippen LogP contribution in [-0.4, -0.2) is 17.0 Å². The molecule has 2 N–H and O–H groups in total. The van der Waals surface area contributed by atoms with Gasteiger partial charge in [0.2, 0.25) is 5.91 Å². The third-order valence-corrected chi connectivity index (χ3v) is 4.36. The molecule has 4 heteroatoms. The Morgan fingerprint density at radius 3 is 2.53 bits per heavy atom. The zero-order chi connectivity index (χ0) is 13.6. The Hall–Kier alpha value is -1.84. The van der Waals surface area contributed by atoms with E-state index in [2.05, 4.69) is 5.32 Å². The van der Waals surface area contributed by atoms with Crippen molar-refractivity contribution in [2.75, 3.05) is 5.32 Å². The summed E-state index contributed by atoms with van der Waals surface area (Å²) >= 11 is 0. The molecule has 2 saturated carbocycles. The van der Waals surface area contributed by atoms with Crippen molar-refractivity contribution in [3.63, 3.8) is 0 Å². The maximum Gasteiger partial charge on any atom is 0.335 e. The van der Waals surface area contributed by atoms with Gasteiger partial charge in [-0.1, -0.05) is 6.07 Å². The van der Waals surface area contributed by atoms with Crippen molar-refractivity contribution in [2.45, 2.75) is 26.2 Å². The van der Waals surface area contributed by atoms with E-state index in [4.69, 9.17) is 5.11 Å². The molecule has 2 atom stereocenters. The lowest BCUT2D eigenvalue weighted by Crippen LogP contribution is -2.22. The summed E-state index contributed by atoms with van der Waals surface area (Å²) in [6.07, 6.45) is 3.28. The molecule has 2 aliphatic carbocycles. The molecule has 0 spiro atoms. The number of aryl methyl sites for hydroxylation is 1. The van der Waals surface area contributed by atoms with E-state index in [9.17, 15) is 9.59 Å². The van der Waals surface area contributed by atoms with Crippen molar-refractivity contribution in [3.8, 4) is 0 Å². The second-order valence-electron chi connectivity index (χ2n) is 5.75. The van der Waals surface area contributed by atoms with E-state index in [1.165, 1.54) is 12.5 Å². The quantitative estimate of drug-likeness (QED) is 0.877. The second kappa shape index (κ2) is 4.37. The highest BCUT2D eigenvalue weighted by molar-refractivity contribution is 5.96. The molecule has 100 valence electrons. The molecule has 0 radical (unpaired) electrons. The first kappa shape index (κ1) is 12.2. The van der Waals surface area contributed by atoms with Crippen LogP contribution < -0.4 is 5.32 Å². The minimum atomic E-state index is -0.974. The molecular weight excluding hydrogens is 242 g/mol. The third kappa shape index (κ3) is 2.35. The second-order valence-corrected chi connectivity index (χ2v) is 5.75. The van der Waals surface area contributed by atoms with Crippen LogP contribution in [0.5, 0.6) is 0 Å². The number of rotatable bonds is 3. The van der Waals surface area contributed by atoms with Crippen LogP contribution in [0.25, 0.3) is 0 Å². The van der Waals surface area contributed by atoms with Crippen molar-refractivity contribution in [1.82, 2.24) is 0 Å². The number of fused-ring (bicyclic) bond motifs is 1. The van der Waals surface area contributed by atoms with Gasteiger partial charge in [0.05, 0.1) is 5.56 Å². The van der Waals surface area contributed by atoms with Crippen molar-refractivity contribution >= 4 is 17.6 Å². The summed E-state index contributed by atoms with van der Waals surface area (Å²) in [7, 11) is 0. The molecule has 0 heterocycles. The number of carbonyl (C=O) groups excluding carboxylic acids is 1. The predicted molar refractivity (Wildman–Crippen MR) is 71.1 cm³/mol. The number of hydrogen-bond acceptors (Lipinski definition) is 2. The smallest absolute Gasteiger partial charge is 0.335 e. The summed E-state index contributed by atoms with van der Waals surface area (Å²) in [6, 6.07) is 4.81. The predicted octanol–water partition coefficient (Wildman–Crippen LogP) is 2.68. The summed E-state index contributed by atoms with van der Waals surface area (Å²) in [5, 5.41) is 11.9. The molecule has 0 aromatic heterocycles. The monoisotopic (exact) mass is 259 g/mol. The number of amides is 1. The molecular formula is C15H17NO3. The van der Waals surface area contributed by atoms with E-state index in [1.54, 1.807) is 12.1 Å². The van der Waals surface area contributed by atoms with Gasteiger partial charge in [0.25, 0.3) is 0 Å². The molecule has 1 aromatic carbocycles. The van der Waals surface area contributed by atoms with Crippen molar-refractivity contribution in [1.29, 1.82) is 0 Å². The van der Waals surface area contributed by atoms with Crippen LogP contribution in [0.4, 0.5) is 5.69 Å². The van der Waals surface area contributed by atoms with Crippen LogP contribution in [0.1, 0.15) is 35.2 Å². The molecule has 0 aliphatic heterocycles. The fraction of sp³-hybridized carbons (Fsp3) is 0.467.